The molecule has 140 valence electrons. The molecule has 0 aromatic carbocycles. The zero-order valence-electron chi connectivity index (χ0n) is 15.9. The Balaban J connectivity index is 1.42. The topological polar surface area (TPSA) is 69.0 Å². The summed E-state index contributed by atoms with van der Waals surface area (Å²) in [6, 6.07) is 2.13. The van der Waals surface area contributed by atoms with E-state index in [1.165, 1.54) is 38.5 Å². The lowest BCUT2D eigenvalue weighted by Gasteiger charge is -2.20. The molecule has 0 aliphatic heterocycles. The smallest absolute Gasteiger partial charge is 0.258 e. The Labute approximate surface area is 154 Å². The number of ether oxygens (including phenoxy) is 1. The van der Waals surface area contributed by atoms with Crippen LogP contribution in [0.3, 0.4) is 0 Å². The molecule has 2 fully saturated rings. The monoisotopic (exact) mass is 356 g/mol. The first kappa shape index (κ1) is 17.3. The van der Waals surface area contributed by atoms with Crippen LogP contribution in [0.15, 0.2) is 6.07 Å². The van der Waals surface area contributed by atoms with Crippen molar-refractivity contribution < 1.29 is 9.53 Å². The van der Waals surface area contributed by atoms with Crippen molar-refractivity contribution in [2.75, 3.05) is 6.61 Å². The first-order valence-electron chi connectivity index (χ1n) is 9.79. The number of amides is 1. The third kappa shape index (κ3) is 3.41. The molecule has 2 heterocycles. The molecule has 2 aliphatic carbocycles. The zero-order chi connectivity index (χ0) is 18.3. The molecule has 0 spiro atoms. The maximum absolute atomic E-state index is 12.2. The molecule has 0 bridgehead atoms. The van der Waals surface area contributed by atoms with E-state index in [0.717, 1.165) is 22.3 Å². The first-order valence-corrected chi connectivity index (χ1v) is 9.79. The molecule has 0 saturated heterocycles. The average molecular weight is 356 g/mol. The summed E-state index contributed by atoms with van der Waals surface area (Å²) in [7, 11) is 1.92. The third-order valence-electron chi connectivity index (χ3n) is 5.81. The molecule has 1 unspecified atom stereocenters. The van der Waals surface area contributed by atoms with Crippen molar-refractivity contribution in [3.8, 4) is 5.88 Å². The number of hydrogen-bond acceptors (Lipinski definition) is 4. The van der Waals surface area contributed by atoms with E-state index in [4.69, 9.17) is 4.74 Å². The van der Waals surface area contributed by atoms with Gasteiger partial charge in [0, 0.05) is 30.5 Å². The number of nitrogens with zero attached hydrogens (tertiary/aromatic N) is 3. The zero-order valence-corrected chi connectivity index (χ0v) is 15.9. The highest BCUT2D eigenvalue weighted by Gasteiger charge is 2.30. The van der Waals surface area contributed by atoms with Gasteiger partial charge in [0.15, 0.2) is 12.3 Å². The van der Waals surface area contributed by atoms with Crippen molar-refractivity contribution >= 4 is 16.9 Å². The van der Waals surface area contributed by atoms with Crippen molar-refractivity contribution in [2.45, 2.75) is 64.3 Å². The van der Waals surface area contributed by atoms with Crippen LogP contribution in [0.25, 0.3) is 11.0 Å². The van der Waals surface area contributed by atoms with E-state index >= 15 is 0 Å². The summed E-state index contributed by atoms with van der Waals surface area (Å²) in [6.07, 6.45) is 7.40. The summed E-state index contributed by atoms with van der Waals surface area (Å²) in [5.74, 6) is 1.59. The molecule has 2 aliphatic rings. The van der Waals surface area contributed by atoms with Crippen LogP contribution >= 0.6 is 0 Å². The highest BCUT2D eigenvalue weighted by Crippen LogP contribution is 2.43. The van der Waals surface area contributed by atoms with Crippen molar-refractivity contribution in [2.24, 2.45) is 13.0 Å². The largest absolute Gasteiger partial charge is 0.468 e. The quantitative estimate of drug-likeness (QED) is 0.863. The molecule has 1 N–H and O–H groups in total. The first-order chi connectivity index (χ1) is 12.5. The number of carbonyl (C=O) groups excluding carboxylic acids is 1. The summed E-state index contributed by atoms with van der Waals surface area (Å²) in [5, 5.41) is 8.87. The second kappa shape index (κ2) is 6.89. The van der Waals surface area contributed by atoms with Gasteiger partial charge in [-0.3, -0.25) is 9.48 Å². The lowest BCUT2D eigenvalue weighted by atomic mass is 10.00. The van der Waals surface area contributed by atoms with E-state index in [1.807, 2.05) is 17.8 Å². The molecule has 4 rings (SSSR count). The van der Waals surface area contributed by atoms with Gasteiger partial charge in [-0.05, 0) is 51.0 Å². The summed E-state index contributed by atoms with van der Waals surface area (Å²) in [6.45, 7) is 4.16. The normalized spacial score (nSPS) is 19.0. The van der Waals surface area contributed by atoms with E-state index in [9.17, 15) is 4.79 Å². The van der Waals surface area contributed by atoms with Gasteiger partial charge in [-0.25, -0.2) is 0 Å². The van der Waals surface area contributed by atoms with Crippen LogP contribution in [-0.2, 0) is 11.8 Å². The van der Waals surface area contributed by atoms with Gasteiger partial charge in [-0.1, -0.05) is 12.8 Å². The third-order valence-corrected chi connectivity index (χ3v) is 5.81. The molecule has 26 heavy (non-hydrogen) atoms. The van der Waals surface area contributed by atoms with Crippen LogP contribution in [0.2, 0.25) is 0 Å². The fourth-order valence-corrected chi connectivity index (χ4v) is 4.16. The number of hydrogen-bond donors (Lipinski definition) is 1. The number of aromatic nitrogens is 3. The van der Waals surface area contributed by atoms with Crippen molar-refractivity contribution in [1.29, 1.82) is 0 Å². The number of pyridine rings is 1. The lowest BCUT2D eigenvalue weighted by Crippen LogP contribution is -2.39. The molecule has 1 amide bonds. The molecule has 6 nitrogen and oxygen atoms in total. The number of carbonyl (C=O) groups is 1. The van der Waals surface area contributed by atoms with Gasteiger partial charge in [0.1, 0.15) is 0 Å². The standard InChI is InChI=1S/C20H28N4O2/c1-12-10-17(22-20-18(12)19(15-8-9-15)23-24(20)3)26-11-16(25)21-13(2)14-6-4-5-7-14/h10,13-15H,4-9,11H2,1-3H3,(H,21,25). The predicted octanol–water partition coefficient (Wildman–Crippen LogP) is 3.23. The van der Waals surface area contributed by atoms with Crippen LogP contribution in [-0.4, -0.2) is 33.3 Å². The Kier molecular flexibility index (Phi) is 4.59. The van der Waals surface area contributed by atoms with Gasteiger partial charge in [0.25, 0.3) is 5.91 Å². The molecular weight excluding hydrogens is 328 g/mol. The molecule has 1 atom stereocenters. The van der Waals surface area contributed by atoms with Gasteiger partial charge in [0.2, 0.25) is 5.88 Å². The summed E-state index contributed by atoms with van der Waals surface area (Å²) >= 11 is 0. The summed E-state index contributed by atoms with van der Waals surface area (Å²) < 4.78 is 7.52. The minimum atomic E-state index is -0.0763. The summed E-state index contributed by atoms with van der Waals surface area (Å²) in [4.78, 5) is 16.8. The second-order valence-electron chi connectivity index (χ2n) is 7.95. The van der Waals surface area contributed by atoms with E-state index in [0.29, 0.717) is 17.7 Å². The Bertz CT molecular complexity index is 819. The van der Waals surface area contributed by atoms with Crippen LogP contribution in [0.1, 0.15) is 62.6 Å². The predicted molar refractivity (Wildman–Crippen MR) is 100 cm³/mol. The Hall–Kier alpha value is -2.11. The second-order valence-corrected chi connectivity index (χ2v) is 7.95. The number of fused-ring (bicyclic) bond motifs is 1. The molecule has 6 heteroatoms. The lowest BCUT2D eigenvalue weighted by molar-refractivity contribution is -0.124. The molecule has 0 radical (unpaired) electrons. The highest BCUT2D eigenvalue weighted by atomic mass is 16.5. The minimum Gasteiger partial charge on any atom is -0.468 e. The molecule has 2 aromatic heterocycles. The average Bonchev–Trinajstić information content (AvgIpc) is 3.18. The number of nitrogens with one attached hydrogen (secondary N) is 1. The van der Waals surface area contributed by atoms with Gasteiger partial charge in [-0.15, -0.1) is 0 Å². The van der Waals surface area contributed by atoms with E-state index in [1.54, 1.807) is 0 Å². The maximum atomic E-state index is 12.2. The Morgan fingerprint density at radius 1 is 1.35 bits per heavy atom. The van der Waals surface area contributed by atoms with E-state index in [2.05, 4.69) is 29.2 Å². The molecule has 2 saturated carbocycles. The Morgan fingerprint density at radius 3 is 2.77 bits per heavy atom. The fourth-order valence-electron chi connectivity index (χ4n) is 4.16. The van der Waals surface area contributed by atoms with Crippen LogP contribution < -0.4 is 10.1 Å². The van der Waals surface area contributed by atoms with Gasteiger partial charge in [0.05, 0.1) is 5.69 Å². The fraction of sp³-hybridized carbons (Fsp3) is 0.650. The number of rotatable bonds is 6. The van der Waals surface area contributed by atoms with Gasteiger partial charge < -0.3 is 10.1 Å². The van der Waals surface area contributed by atoms with Gasteiger partial charge >= 0.3 is 0 Å². The summed E-state index contributed by atoms with van der Waals surface area (Å²) in [5.41, 5.74) is 3.10. The van der Waals surface area contributed by atoms with Crippen LogP contribution in [0, 0.1) is 12.8 Å². The SMILES string of the molecule is Cc1cc(OCC(=O)NC(C)C2CCCC2)nc2c1c(C1CC1)nn2C. The van der Waals surface area contributed by atoms with Crippen LogP contribution in [0.5, 0.6) is 5.88 Å². The van der Waals surface area contributed by atoms with Crippen molar-refractivity contribution in [3.05, 3.63) is 17.3 Å². The minimum absolute atomic E-state index is 0.00232. The molecular formula is C20H28N4O2. The highest BCUT2D eigenvalue weighted by molar-refractivity contribution is 5.84. The van der Waals surface area contributed by atoms with E-state index < -0.39 is 0 Å². The maximum Gasteiger partial charge on any atom is 0.258 e. The van der Waals surface area contributed by atoms with Crippen molar-refractivity contribution in [3.63, 3.8) is 0 Å². The Morgan fingerprint density at radius 2 is 2.08 bits per heavy atom. The van der Waals surface area contributed by atoms with Crippen molar-refractivity contribution in [1.82, 2.24) is 20.1 Å². The van der Waals surface area contributed by atoms with Gasteiger partial charge in [-0.2, -0.15) is 10.1 Å². The number of aryl methyl sites for hydroxylation is 2. The van der Waals surface area contributed by atoms with E-state index in [-0.39, 0.29) is 18.6 Å². The molecule has 2 aromatic rings. The van der Waals surface area contributed by atoms with Crippen LogP contribution in [0.4, 0.5) is 0 Å².